The number of allylic oxidation sites excluding steroid dienone is 4. The standard InChI is InChI=1S/C26H44O3/c1-4-5-6-7-8-9-10-11-12-13-14-15-16-17-18-19-24(27)29-22-26(20-21-26)25(28)23(2)3/h8-9,11-12,23H,4-7,10,13-22H2,1-3H3/b9-8-,12-11-. The third-order valence-corrected chi connectivity index (χ3v) is 5.74. The molecule has 0 N–H and O–H groups in total. The van der Waals surface area contributed by atoms with Gasteiger partial charge in [0.1, 0.15) is 12.4 Å². The average Bonchev–Trinajstić information content (AvgIpc) is 3.49. The van der Waals surface area contributed by atoms with Gasteiger partial charge in [-0.3, -0.25) is 9.59 Å². The third kappa shape index (κ3) is 12.0. The summed E-state index contributed by atoms with van der Waals surface area (Å²) >= 11 is 0. The molecule has 1 aliphatic rings. The summed E-state index contributed by atoms with van der Waals surface area (Å²) in [6.07, 6.45) is 24.3. The Morgan fingerprint density at radius 2 is 1.45 bits per heavy atom. The van der Waals surface area contributed by atoms with Crippen molar-refractivity contribution in [2.45, 2.75) is 111 Å². The van der Waals surface area contributed by atoms with Crippen LogP contribution in [0.3, 0.4) is 0 Å². The fraction of sp³-hybridized carbons (Fsp3) is 0.769. The van der Waals surface area contributed by atoms with Crippen LogP contribution in [-0.2, 0) is 14.3 Å². The summed E-state index contributed by atoms with van der Waals surface area (Å²) in [5.41, 5.74) is -0.345. The first-order valence-electron chi connectivity index (χ1n) is 12.0. The zero-order valence-corrected chi connectivity index (χ0v) is 19.2. The average molecular weight is 405 g/mol. The summed E-state index contributed by atoms with van der Waals surface area (Å²) in [5, 5.41) is 0. The van der Waals surface area contributed by atoms with Gasteiger partial charge < -0.3 is 4.74 Å². The van der Waals surface area contributed by atoms with E-state index in [4.69, 9.17) is 4.74 Å². The molecule has 0 aromatic carbocycles. The first kappa shape index (κ1) is 25.7. The van der Waals surface area contributed by atoms with E-state index in [9.17, 15) is 9.59 Å². The molecule has 0 saturated heterocycles. The topological polar surface area (TPSA) is 43.4 Å². The predicted octanol–water partition coefficient (Wildman–Crippen LogP) is 7.35. The van der Waals surface area contributed by atoms with Crippen molar-refractivity contribution in [1.82, 2.24) is 0 Å². The van der Waals surface area contributed by atoms with E-state index in [1.165, 1.54) is 44.9 Å². The number of unbranched alkanes of at least 4 members (excludes halogenated alkanes) is 8. The van der Waals surface area contributed by atoms with Crippen LogP contribution in [0.25, 0.3) is 0 Å². The molecule has 1 rings (SSSR count). The molecular weight excluding hydrogens is 360 g/mol. The minimum atomic E-state index is -0.345. The van der Waals surface area contributed by atoms with Gasteiger partial charge in [-0.2, -0.15) is 0 Å². The monoisotopic (exact) mass is 404 g/mol. The first-order valence-corrected chi connectivity index (χ1v) is 12.0. The van der Waals surface area contributed by atoms with Crippen LogP contribution in [0.1, 0.15) is 111 Å². The smallest absolute Gasteiger partial charge is 0.305 e. The molecule has 0 aromatic rings. The van der Waals surface area contributed by atoms with Gasteiger partial charge in [0.05, 0.1) is 5.41 Å². The Morgan fingerprint density at radius 3 is 2.03 bits per heavy atom. The van der Waals surface area contributed by atoms with Crippen molar-refractivity contribution in [1.29, 1.82) is 0 Å². The van der Waals surface area contributed by atoms with Crippen LogP contribution in [0.15, 0.2) is 24.3 Å². The lowest BCUT2D eigenvalue weighted by molar-refractivity contribution is -0.147. The Hall–Kier alpha value is -1.38. The molecule has 0 aliphatic heterocycles. The van der Waals surface area contributed by atoms with Gasteiger partial charge in [0.25, 0.3) is 0 Å². The Bertz CT molecular complexity index is 512. The van der Waals surface area contributed by atoms with E-state index < -0.39 is 0 Å². The van der Waals surface area contributed by atoms with Gasteiger partial charge in [-0.05, 0) is 51.4 Å². The van der Waals surface area contributed by atoms with E-state index in [0.29, 0.717) is 13.0 Å². The minimum absolute atomic E-state index is 0.0260. The molecule has 0 bridgehead atoms. The van der Waals surface area contributed by atoms with E-state index in [-0.39, 0.29) is 23.1 Å². The summed E-state index contributed by atoms with van der Waals surface area (Å²) in [4.78, 5) is 24.0. The number of ketones is 1. The lowest BCUT2D eigenvalue weighted by atomic mass is 9.93. The van der Waals surface area contributed by atoms with Crippen LogP contribution in [-0.4, -0.2) is 18.4 Å². The molecule has 0 atom stereocenters. The molecule has 29 heavy (non-hydrogen) atoms. The number of esters is 1. The molecule has 0 unspecified atom stereocenters. The highest BCUT2D eigenvalue weighted by atomic mass is 16.5. The normalized spacial score (nSPS) is 15.4. The summed E-state index contributed by atoms with van der Waals surface area (Å²) in [7, 11) is 0. The van der Waals surface area contributed by atoms with Crippen LogP contribution in [0, 0.1) is 11.3 Å². The Morgan fingerprint density at radius 1 is 0.862 bits per heavy atom. The number of hydrogen-bond donors (Lipinski definition) is 0. The summed E-state index contributed by atoms with van der Waals surface area (Å²) in [6, 6.07) is 0. The molecular formula is C26H44O3. The summed E-state index contributed by atoms with van der Waals surface area (Å²) in [5.74, 6) is 0.138. The molecule has 0 radical (unpaired) electrons. The van der Waals surface area contributed by atoms with Crippen molar-refractivity contribution in [2.75, 3.05) is 6.61 Å². The largest absolute Gasteiger partial charge is 0.465 e. The molecule has 0 aromatic heterocycles. The quantitative estimate of drug-likeness (QED) is 0.136. The summed E-state index contributed by atoms with van der Waals surface area (Å²) in [6.45, 7) is 6.38. The zero-order chi connectivity index (χ0) is 21.4. The molecule has 3 nitrogen and oxygen atoms in total. The van der Waals surface area contributed by atoms with Crippen molar-refractivity contribution in [3.05, 3.63) is 24.3 Å². The number of carbonyl (C=O) groups excluding carboxylic acids is 2. The van der Waals surface area contributed by atoms with Gasteiger partial charge in [0, 0.05) is 12.3 Å². The molecule has 1 fully saturated rings. The lowest BCUT2D eigenvalue weighted by Gasteiger charge is -2.16. The number of rotatable bonds is 18. The van der Waals surface area contributed by atoms with Gasteiger partial charge in [0.15, 0.2) is 0 Å². The molecule has 3 heteroatoms. The van der Waals surface area contributed by atoms with Crippen LogP contribution >= 0.6 is 0 Å². The highest BCUT2D eigenvalue weighted by Gasteiger charge is 2.51. The fourth-order valence-electron chi connectivity index (χ4n) is 3.60. The van der Waals surface area contributed by atoms with E-state index >= 15 is 0 Å². The highest BCUT2D eigenvalue weighted by Crippen LogP contribution is 2.48. The van der Waals surface area contributed by atoms with E-state index in [0.717, 1.165) is 38.5 Å². The SMILES string of the molecule is CCCCC/C=C\C/C=C\CCCCCCCC(=O)OCC1(C(=O)C(C)C)CC1. The van der Waals surface area contributed by atoms with Crippen molar-refractivity contribution >= 4 is 11.8 Å². The number of hydrogen-bond acceptors (Lipinski definition) is 3. The second kappa shape index (κ2) is 15.5. The van der Waals surface area contributed by atoms with Gasteiger partial charge in [-0.1, -0.05) is 77.2 Å². The van der Waals surface area contributed by atoms with Crippen molar-refractivity contribution in [2.24, 2.45) is 11.3 Å². The van der Waals surface area contributed by atoms with Gasteiger partial charge in [-0.25, -0.2) is 0 Å². The predicted molar refractivity (Wildman–Crippen MR) is 122 cm³/mol. The van der Waals surface area contributed by atoms with Gasteiger partial charge in [0.2, 0.25) is 0 Å². The van der Waals surface area contributed by atoms with Gasteiger partial charge >= 0.3 is 5.97 Å². The molecule has 166 valence electrons. The third-order valence-electron chi connectivity index (χ3n) is 5.74. The van der Waals surface area contributed by atoms with Crippen molar-refractivity contribution in [3.63, 3.8) is 0 Å². The minimum Gasteiger partial charge on any atom is -0.465 e. The second-order valence-electron chi connectivity index (χ2n) is 8.94. The summed E-state index contributed by atoms with van der Waals surface area (Å²) < 4.78 is 5.39. The molecule has 0 heterocycles. The number of carbonyl (C=O) groups is 2. The maximum atomic E-state index is 12.1. The maximum Gasteiger partial charge on any atom is 0.305 e. The van der Waals surface area contributed by atoms with E-state index in [2.05, 4.69) is 31.2 Å². The molecule has 1 aliphatic carbocycles. The highest BCUT2D eigenvalue weighted by molar-refractivity contribution is 5.89. The van der Waals surface area contributed by atoms with Crippen LogP contribution in [0.5, 0.6) is 0 Å². The maximum absolute atomic E-state index is 12.1. The zero-order valence-electron chi connectivity index (χ0n) is 19.2. The van der Waals surface area contributed by atoms with Crippen LogP contribution < -0.4 is 0 Å². The van der Waals surface area contributed by atoms with Crippen molar-refractivity contribution < 1.29 is 14.3 Å². The van der Waals surface area contributed by atoms with Crippen LogP contribution in [0.2, 0.25) is 0 Å². The first-order chi connectivity index (χ1) is 14.0. The van der Waals surface area contributed by atoms with Gasteiger partial charge in [-0.15, -0.1) is 0 Å². The molecule has 1 saturated carbocycles. The number of Topliss-reactive ketones (excluding diaryl/α,β-unsaturated/α-hetero) is 1. The Labute approximate surface area is 179 Å². The van der Waals surface area contributed by atoms with E-state index in [1.807, 2.05) is 13.8 Å². The van der Waals surface area contributed by atoms with Crippen LogP contribution in [0.4, 0.5) is 0 Å². The van der Waals surface area contributed by atoms with Crippen molar-refractivity contribution in [3.8, 4) is 0 Å². The Balaban J connectivity index is 1.91. The second-order valence-corrected chi connectivity index (χ2v) is 8.94. The molecule has 0 amide bonds. The lowest BCUT2D eigenvalue weighted by Crippen LogP contribution is -2.27. The van der Waals surface area contributed by atoms with E-state index in [1.54, 1.807) is 0 Å². The Kier molecular flexibility index (Phi) is 13.7. The fourth-order valence-corrected chi connectivity index (χ4v) is 3.60. The number of ether oxygens (including phenoxy) is 1. The molecule has 0 spiro atoms.